The molecule has 0 bridgehead atoms. The molecular formula is C57H74N8O7. The summed E-state index contributed by atoms with van der Waals surface area (Å²) in [6, 6.07) is 43.0. The molecular weight excluding hydrogens is 909 g/mol. The van der Waals surface area contributed by atoms with Crippen LogP contribution in [0.25, 0.3) is 0 Å². The first-order chi connectivity index (χ1) is 34.8. The summed E-state index contributed by atoms with van der Waals surface area (Å²) < 4.78 is 0. The van der Waals surface area contributed by atoms with Gasteiger partial charge in [0, 0.05) is 88.5 Å². The van der Waals surface area contributed by atoms with E-state index in [1.807, 2.05) is 72.8 Å². The van der Waals surface area contributed by atoms with Crippen LogP contribution in [0.3, 0.4) is 0 Å². The number of rotatable bonds is 32. The zero-order valence-corrected chi connectivity index (χ0v) is 41.0. The summed E-state index contributed by atoms with van der Waals surface area (Å²) in [5.41, 5.74) is 18.4. The molecule has 6 aromatic carbocycles. The SMILES string of the molecule is NC(=O)CCNC[C@H](Cc1ccc(O)cc1)NC[C@H](Cc1ccc(O)cc1)NC[C@H](Cc1ccc(O)cc1)NC[C@H](Cc1ccc(O)cc1)NC[C@H](Cc1ccc(O)cc1)NC[C@@H](N)Cc1ccc(O)cc1. The van der Waals surface area contributed by atoms with E-state index in [2.05, 4.69) is 31.9 Å². The zero-order valence-electron chi connectivity index (χ0n) is 41.0. The minimum absolute atomic E-state index is 0.0217. The van der Waals surface area contributed by atoms with Gasteiger partial charge in [0.1, 0.15) is 34.5 Å². The molecule has 0 unspecified atom stereocenters. The standard InChI is InChI=1S/C57H74N8O7/c58-45(27-39-1-13-51(66)14-2-39)33-61-47(29-41-5-17-53(68)18-6-41)35-63-49(31-43-9-21-55(70)22-10-43)37-65-50(32-44-11-23-56(71)24-12-44)38-64-48(30-42-7-19-54(69)20-8-42)36-62-46(34-60-26-25-57(59)72)28-40-3-15-52(67)16-4-40/h1-24,45-50,60-71H,25-38,58H2,(H2,59,72)/t45-,46-,47-,48-,49-,50-/m0/s1. The average molecular weight is 983 g/mol. The van der Waals surface area contributed by atoms with Crippen LogP contribution in [0.5, 0.6) is 34.5 Å². The molecule has 16 N–H and O–H groups in total. The van der Waals surface area contributed by atoms with Gasteiger partial charge in [-0.3, -0.25) is 4.79 Å². The molecule has 0 radical (unpaired) electrons. The maximum Gasteiger partial charge on any atom is 0.218 e. The molecule has 384 valence electrons. The van der Waals surface area contributed by atoms with Gasteiger partial charge in [-0.25, -0.2) is 0 Å². The maximum absolute atomic E-state index is 11.5. The molecule has 15 heteroatoms. The van der Waals surface area contributed by atoms with Gasteiger partial charge in [-0.1, -0.05) is 72.8 Å². The fourth-order valence-corrected chi connectivity index (χ4v) is 8.71. The van der Waals surface area contributed by atoms with E-state index >= 15 is 0 Å². The van der Waals surface area contributed by atoms with Crippen molar-refractivity contribution >= 4 is 5.91 Å². The number of hydrogen-bond donors (Lipinski definition) is 14. The van der Waals surface area contributed by atoms with Crippen molar-refractivity contribution in [1.82, 2.24) is 31.9 Å². The summed E-state index contributed by atoms with van der Waals surface area (Å²) in [4.78, 5) is 11.5. The second-order valence-corrected chi connectivity index (χ2v) is 18.9. The van der Waals surface area contributed by atoms with Crippen LogP contribution >= 0.6 is 0 Å². The molecule has 72 heavy (non-hydrogen) atoms. The number of nitrogens with two attached hydrogens (primary N) is 2. The van der Waals surface area contributed by atoms with Crippen molar-refractivity contribution in [3.63, 3.8) is 0 Å². The molecule has 0 saturated carbocycles. The molecule has 0 fully saturated rings. The van der Waals surface area contributed by atoms with Gasteiger partial charge >= 0.3 is 0 Å². The van der Waals surface area contributed by atoms with Crippen molar-refractivity contribution in [1.29, 1.82) is 0 Å². The number of phenols is 6. The Morgan fingerprint density at radius 1 is 0.347 bits per heavy atom. The summed E-state index contributed by atoms with van der Waals surface area (Å²) in [6.45, 7) is 3.95. The highest BCUT2D eigenvalue weighted by Crippen LogP contribution is 2.18. The molecule has 6 rings (SSSR count). The predicted octanol–water partition coefficient (Wildman–Crippen LogP) is 4.26. The third-order valence-corrected chi connectivity index (χ3v) is 12.7. The molecule has 6 aromatic rings. The van der Waals surface area contributed by atoms with Crippen molar-refractivity contribution in [2.75, 3.05) is 45.8 Å². The Morgan fingerprint density at radius 3 is 0.819 bits per heavy atom. The monoisotopic (exact) mass is 983 g/mol. The number of amides is 1. The van der Waals surface area contributed by atoms with Gasteiger partial charge in [0.2, 0.25) is 5.91 Å². The van der Waals surface area contributed by atoms with Crippen LogP contribution in [-0.2, 0) is 43.3 Å². The molecule has 0 heterocycles. The Kier molecular flexibility index (Phi) is 22.0. The molecule has 0 aliphatic heterocycles. The minimum Gasteiger partial charge on any atom is -0.508 e. The van der Waals surface area contributed by atoms with E-state index in [1.54, 1.807) is 72.8 Å². The van der Waals surface area contributed by atoms with Crippen LogP contribution < -0.4 is 43.4 Å². The van der Waals surface area contributed by atoms with Crippen molar-refractivity contribution in [2.45, 2.75) is 81.2 Å². The molecule has 0 aliphatic carbocycles. The van der Waals surface area contributed by atoms with E-state index in [4.69, 9.17) is 11.5 Å². The summed E-state index contributed by atoms with van der Waals surface area (Å²) in [6.07, 6.45) is 4.22. The van der Waals surface area contributed by atoms with Gasteiger partial charge in [-0.15, -0.1) is 0 Å². The predicted molar refractivity (Wildman–Crippen MR) is 284 cm³/mol. The summed E-state index contributed by atoms with van der Waals surface area (Å²) in [7, 11) is 0. The first-order valence-electron chi connectivity index (χ1n) is 24.9. The van der Waals surface area contributed by atoms with Gasteiger partial charge in [-0.05, 0) is 145 Å². The number of aromatic hydroxyl groups is 6. The van der Waals surface area contributed by atoms with E-state index in [9.17, 15) is 35.4 Å². The molecule has 0 saturated heterocycles. The minimum atomic E-state index is -0.368. The Bertz CT molecular complexity index is 2460. The lowest BCUT2D eigenvalue weighted by molar-refractivity contribution is -0.117. The molecule has 1 amide bonds. The maximum atomic E-state index is 11.5. The number of primary amides is 1. The number of benzene rings is 6. The van der Waals surface area contributed by atoms with E-state index in [1.165, 1.54) is 0 Å². The van der Waals surface area contributed by atoms with Crippen molar-refractivity contribution in [2.24, 2.45) is 11.5 Å². The van der Waals surface area contributed by atoms with Crippen LogP contribution in [0, 0.1) is 0 Å². The number of phenolic OH excluding ortho intramolecular Hbond substituents is 6. The van der Waals surface area contributed by atoms with Crippen LogP contribution in [0.2, 0.25) is 0 Å². The van der Waals surface area contributed by atoms with Crippen LogP contribution in [-0.4, -0.2) is 119 Å². The highest BCUT2D eigenvalue weighted by atomic mass is 16.3. The molecule has 0 aliphatic rings. The average Bonchev–Trinajstić information content (AvgIpc) is 3.37. The van der Waals surface area contributed by atoms with E-state index in [-0.39, 0.29) is 83.1 Å². The summed E-state index contributed by atoms with van der Waals surface area (Å²) >= 11 is 0. The molecule has 0 aromatic heterocycles. The summed E-state index contributed by atoms with van der Waals surface area (Å²) in [5, 5.41) is 82.7. The highest BCUT2D eigenvalue weighted by Gasteiger charge is 2.21. The van der Waals surface area contributed by atoms with E-state index < -0.39 is 0 Å². The van der Waals surface area contributed by atoms with E-state index in [0.29, 0.717) is 84.3 Å². The second kappa shape index (κ2) is 29.0. The second-order valence-electron chi connectivity index (χ2n) is 18.9. The van der Waals surface area contributed by atoms with Gasteiger partial charge in [0.25, 0.3) is 0 Å². The molecule has 0 spiro atoms. The van der Waals surface area contributed by atoms with Crippen LogP contribution in [0.1, 0.15) is 39.8 Å². The van der Waals surface area contributed by atoms with Crippen LogP contribution in [0.15, 0.2) is 146 Å². The third kappa shape index (κ3) is 20.6. The number of hydrogen-bond acceptors (Lipinski definition) is 14. The van der Waals surface area contributed by atoms with Crippen molar-refractivity contribution in [3.8, 4) is 34.5 Å². The van der Waals surface area contributed by atoms with Crippen molar-refractivity contribution in [3.05, 3.63) is 179 Å². The fourth-order valence-electron chi connectivity index (χ4n) is 8.71. The van der Waals surface area contributed by atoms with Gasteiger partial charge in [0.15, 0.2) is 0 Å². The van der Waals surface area contributed by atoms with Gasteiger partial charge < -0.3 is 74.0 Å². The normalized spacial score (nSPS) is 14.0. The Morgan fingerprint density at radius 2 is 0.569 bits per heavy atom. The quantitative estimate of drug-likeness (QED) is 0.0264. The smallest absolute Gasteiger partial charge is 0.218 e. The topological polar surface area (TPSA) is 263 Å². The lowest BCUT2D eigenvalue weighted by Crippen LogP contribution is -2.53. The number of nitrogens with one attached hydrogen (secondary N) is 6. The highest BCUT2D eigenvalue weighted by molar-refractivity contribution is 5.73. The zero-order chi connectivity index (χ0) is 51.1. The first-order valence-corrected chi connectivity index (χ1v) is 24.9. The number of carbonyl (C=O) groups excluding carboxylic acids is 1. The van der Waals surface area contributed by atoms with Crippen LogP contribution in [0.4, 0.5) is 0 Å². The number of carbonyl (C=O) groups is 1. The Hall–Kier alpha value is -6.69. The van der Waals surface area contributed by atoms with Gasteiger partial charge in [0.05, 0.1) is 0 Å². The molecule has 6 atom stereocenters. The first kappa shape index (κ1) is 54.6. The van der Waals surface area contributed by atoms with Gasteiger partial charge in [-0.2, -0.15) is 0 Å². The Balaban J connectivity index is 1.19. The molecule has 15 nitrogen and oxygen atoms in total. The largest absolute Gasteiger partial charge is 0.508 e. The third-order valence-electron chi connectivity index (χ3n) is 12.7. The van der Waals surface area contributed by atoms with Crippen molar-refractivity contribution < 1.29 is 35.4 Å². The Labute approximate surface area is 423 Å². The van der Waals surface area contributed by atoms with E-state index in [0.717, 1.165) is 33.4 Å². The lowest BCUT2D eigenvalue weighted by Gasteiger charge is -2.29. The summed E-state index contributed by atoms with van der Waals surface area (Å²) in [5.74, 6) is 0.843. The fraction of sp³-hybridized carbons (Fsp3) is 0.351. The lowest BCUT2D eigenvalue weighted by atomic mass is 10.0.